The Bertz CT molecular complexity index is 561. The number of nitrogens with one attached hydrogen (secondary N) is 1. The summed E-state index contributed by atoms with van der Waals surface area (Å²) in [6, 6.07) is 8.36. The fourth-order valence-electron chi connectivity index (χ4n) is 2.72. The van der Waals surface area contributed by atoms with Crippen molar-refractivity contribution in [1.29, 1.82) is 0 Å². The zero-order chi connectivity index (χ0) is 16.7. The van der Waals surface area contributed by atoms with Gasteiger partial charge in [-0.05, 0) is 30.5 Å². The Morgan fingerprint density at radius 1 is 1.39 bits per heavy atom. The number of amides is 1. The van der Waals surface area contributed by atoms with Gasteiger partial charge >= 0.3 is 5.97 Å². The molecule has 0 aliphatic heterocycles. The number of hydrogen-bond acceptors (Lipinski definition) is 4. The zero-order valence-electron chi connectivity index (χ0n) is 13.3. The van der Waals surface area contributed by atoms with Crippen LogP contribution in [-0.2, 0) is 19.7 Å². The number of carbonyl (C=O) groups excluding carboxylic acids is 2. The van der Waals surface area contributed by atoms with Crippen LogP contribution in [-0.4, -0.2) is 37.0 Å². The van der Waals surface area contributed by atoms with Gasteiger partial charge < -0.3 is 10.1 Å². The average Bonchev–Trinajstić information content (AvgIpc) is 2.50. The molecule has 0 aromatic heterocycles. The second-order valence-electron chi connectivity index (χ2n) is 5.80. The third kappa shape index (κ3) is 5.24. The number of benzene rings is 1. The van der Waals surface area contributed by atoms with Crippen molar-refractivity contribution in [2.75, 3.05) is 25.2 Å². The predicted molar refractivity (Wildman–Crippen MR) is 96.6 cm³/mol. The van der Waals surface area contributed by atoms with Gasteiger partial charge in [-0.3, -0.25) is 9.59 Å². The quantitative estimate of drug-likeness (QED) is 0.538. The van der Waals surface area contributed by atoms with Crippen LogP contribution in [0.15, 0.2) is 28.7 Å². The molecule has 6 heteroatoms. The number of thioether (sulfide) groups is 1. The molecule has 0 heterocycles. The van der Waals surface area contributed by atoms with Gasteiger partial charge in [-0.2, -0.15) is 0 Å². The van der Waals surface area contributed by atoms with Crippen LogP contribution in [0.1, 0.15) is 31.2 Å². The van der Waals surface area contributed by atoms with Crippen LogP contribution in [0.4, 0.5) is 0 Å². The molecule has 2 rings (SSSR count). The lowest BCUT2D eigenvalue weighted by Crippen LogP contribution is -2.45. The molecule has 1 aliphatic carbocycles. The summed E-state index contributed by atoms with van der Waals surface area (Å²) in [6.07, 6.45) is 3.86. The summed E-state index contributed by atoms with van der Waals surface area (Å²) in [4.78, 5) is 23.0. The van der Waals surface area contributed by atoms with Crippen LogP contribution in [0.5, 0.6) is 0 Å². The Balaban J connectivity index is 1.77. The summed E-state index contributed by atoms with van der Waals surface area (Å²) in [7, 11) is 1.37. The molecule has 126 valence electrons. The van der Waals surface area contributed by atoms with Crippen molar-refractivity contribution in [2.45, 2.75) is 31.1 Å². The summed E-state index contributed by atoms with van der Waals surface area (Å²) in [5.41, 5.74) is 1.37. The van der Waals surface area contributed by atoms with Gasteiger partial charge in [0, 0.05) is 28.6 Å². The van der Waals surface area contributed by atoms with Crippen molar-refractivity contribution >= 4 is 39.6 Å². The van der Waals surface area contributed by atoms with E-state index in [2.05, 4.69) is 38.1 Å². The highest BCUT2D eigenvalue weighted by Gasteiger charge is 2.38. The third-order valence-electron chi connectivity index (χ3n) is 4.29. The Hall–Kier alpha value is -1.01. The predicted octanol–water partition coefficient (Wildman–Crippen LogP) is 3.28. The number of ether oxygens (including phenoxy) is 1. The van der Waals surface area contributed by atoms with E-state index < -0.39 is 0 Å². The van der Waals surface area contributed by atoms with E-state index in [4.69, 9.17) is 0 Å². The Kier molecular flexibility index (Phi) is 6.96. The number of rotatable bonds is 8. The smallest absolute Gasteiger partial charge is 0.315 e. The molecular formula is C17H22BrNO3S. The van der Waals surface area contributed by atoms with Crippen LogP contribution in [0, 0.1) is 0 Å². The van der Waals surface area contributed by atoms with E-state index in [9.17, 15) is 9.59 Å². The van der Waals surface area contributed by atoms with Gasteiger partial charge in [0.05, 0.1) is 12.9 Å². The van der Waals surface area contributed by atoms with Gasteiger partial charge in [-0.25, -0.2) is 0 Å². The van der Waals surface area contributed by atoms with E-state index in [1.807, 2.05) is 12.1 Å². The zero-order valence-corrected chi connectivity index (χ0v) is 15.7. The van der Waals surface area contributed by atoms with E-state index in [1.54, 1.807) is 0 Å². The summed E-state index contributed by atoms with van der Waals surface area (Å²) in [6.45, 7) is 0.684. The van der Waals surface area contributed by atoms with Crippen molar-refractivity contribution in [1.82, 2.24) is 5.32 Å². The minimum Gasteiger partial charge on any atom is -0.468 e. The third-order valence-corrected chi connectivity index (χ3v) is 5.72. The van der Waals surface area contributed by atoms with E-state index in [0.717, 1.165) is 17.3 Å². The maximum absolute atomic E-state index is 12.0. The molecule has 0 radical (unpaired) electrons. The highest BCUT2D eigenvalue weighted by atomic mass is 79.9. The van der Waals surface area contributed by atoms with Crippen LogP contribution in [0.3, 0.4) is 0 Å². The van der Waals surface area contributed by atoms with Crippen molar-refractivity contribution < 1.29 is 14.3 Å². The molecule has 23 heavy (non-hydrogen) atoms. The highest BCUT2D eigenvalue weighted by molar-refractivity contribution is 9.10. The lowest BCUT2D eigenvalue weighted by molar-refractivity contribution is -0.137. The van der Waals surface area contributed by atoms with Crippen LogP contribution in [0.2, 0.25) is 0 Å². The largest absolute Gasteiger partial charge is 0.468 e. The average molecular weight is 400 g/mol. The van der Waals surface area contributed by atoms with Crippen molar-refractivity contribution in [3.05, 3.63) is 34.3 Å². The van der Waals surface area contributed by atoms with Gasteiger partial charge in [0.2, 0.25) is 5.91 Å². The summed E-state index contributed by atoms with van der Waals surface area (Å²) in [5, 5.41) is 3.06. The second-order valence-corrected chi connectivity index (χ2v) is 7.82. The van der Waals surface area contributed by atoms with Crippen molar-refractivity contribution in [2.24, 2.45) is 0 Å². The maximum Gasteiger partial charge on any atom is 0.315 e. The molecule has 1 fully saturated rings. The molecule has 1 amide bonds. The standard InChI is InChI=1S/C17H22BrNO3S/c1-22-16(21)11-23-9-6-15(20)19-12-17(7-3-8-17)13-4-2-5-14(18)10-13/h2,4-5,10H,3,6-9,11-12H2,1H3,(H,19,20). The minimum absolute atomic E-state index is 0.0450. The topological polar surface area (TPSA) is 55.4 Å². The van der Waals surface area contributed by atoms with Crippen molar-refractivity contribution in [3.8, 4) is 0 Å². The molecule has 1 N–H and O–H groups in total. The highest BCUT2D eigenvalue weighted by Crippen LogP contribution is 2.43. The van der Waals surface area contributed by atoms with Crippen LogP contribution >= 0.6 is 27.7 Å². The van der Waals surface area contributed by atoms with E-state index in [-0.39, 0.29) is 17.3 Å². The number of esters is 1. The first-order valence-corrected chi connectivity index (χ1v) is 9.68. The van der Waals surface area contributed by atoms with Gasteiger partial charge in [0.25, 0.3) is 0 Å². The molecule has 4 nitrogen and oxygen atoms in total. The number of methoxy groups -OCH3 is 1. The van der Waals surface area contributed by atoms with E-state index in [1.165, 1.54) is 30.9 Å². The van der Waals surface area contributed by atoms with Crippen LogP contribution < -0.4 is 5.32 Å². The number of halogens is 1. The summed E-state index contributed by atoms with van der Waals surface area (Å²) >= 11 is 4.94. The van der Waals surface area contributed by atoms with E-state index >= 15 is 0 Å². The van der Waals surface area contributed by atoms with Gasteiger partial charge in [0.1, 0.15) is 0 Å². The maximum atomic E-state index is 12.0. The molecule has 1 saturated carbocycles. The van der Waals surface area contributed by atoms with Gasteiger partial charge in [0.15, 0.2) is 0 Å². The molecule has 0 saturated heterocycles. The molecule has 1 aromatic carbocycles. The molecular weight excluding hydrogens is 378 g/mol. The number of carbonyl (C=O) groups is 2. The summed E-state index contributed by atoms with van der Waals surface area (Å²) in [5.74, 6) is 0.721. The number of hydrogen-bond donors (Lipinski definition) is 1. The Labute approximate surface area is 149 Å². The van der Waals surface area contributed by atoms with Crippen LogP contribution in [0.25, 0.3) is 0 Å². The fraction of sp³-hybridized carbons (Fsp3) is 0.529. The first-order valence-electron chi connectivity index (χ1n) is 7.73. The molecule has 0 unspecified atom stereocenters. The normalized spacial score (nSPS) is 15.6. The Morgan fingerprint density at radius 2 is 2.17 bits per heavy atom. The molecule has 1 aliphatic rings. The molecule has 0 spiro atoms. The second kappa shape index (κ2) is 8.73. The fourth-order valence-corrected chi connectivity index (χ4v) is 3.88. The molecule has 0 bridgehead atoms. The lowest BCUT2D eigenvalue weighted by atomic mass is 9.64. The van der Waals surface area contributed by atoms with Crippen molar-refractivity contribution in [3.63, 3.8) is 0 Å². The molecule has 1 aromatic rings. The van der Waals surface area contributed by atoms with E-state index in [0.29, 0.717) is 24.5 Å². The van der Waals surface area contributed by atoms with Gasteiger partial charge in [-0.15, -0.1) is 11.8 Å². The Morgan fingerprint density at radius 3 is 2.78 bits per heavy atom. The molecule has 0 atom stereocenters. The first-order chi connectivity index (χ1) is 11.1. The minimum atomic E-state index is -0.251. The van der Waals surface area contributed by atoms with Gasteiger partial charge in [-0.1, -0.05) is 34.5 Å². The monoisotopic (exact) mass is 399 g/mol. The lowest BCUT2D eigenvalue weighted by Gasteiger charge is -2.42. The first kappa shape index (κ1) is 18.3. The summed E-state index contributed by atoms with van der Waals surface area (Å²) < 4.78 is 5.64. The SMILES string of the molecule is COC(=O)CSCCC(=O)NCC1(c2cccc(Br)c2)CCC1.